The van der Waals surface area contributed by atoms with Crippen molar-refractivity contribution in [3.63, 3.8) is 0 Å². The maximum Gasteiger partial charge on any atom is 0.253 e. The second kappa shape index (κ2) is 6.74. The number of hydrogen-bond donors (Lipinski definition) is 2. The van der Waals surface area contributed by atoms with E-state index in [0.29, 0.717) is 16.8 Å². The summed E-state index contributed by atoms with van der Waals surface area (Å²) in [7, 11) is 0. The Labute approximate surface area is 158 Å². The van der Waals surface area contributed by atoms with Crippen molar-refractivity contribution in [3.8, 4) is 6.07 Å². The molecule has 27 heavy (non-hydrogen) atoms. The van der Waals surface area contributed by atoms with Gasteiger partial charge in [0.15, 0.2) is 5.82 Å². The molecule has 0 fully saturated rings. The number of aliphatic hydroxyl groups excluding tert-OH is 1. The average molecular weight is 377 g/mol. The molecule has 0 bridgehead atoms. The Balaban J connectivity index is 1.60. The van der Waals surface area contributed by atoms with E-state index >= 15 is 0 Å². The first-order valence-electron chi connectivity index (χ1n) is 8.16. The van der Waals surface area contributed by atoms with Gasteiger partial charge in [-0.1, -0.05) is 23.9 Å². The molecule has 0 radical (unpaired) electrons. The van der Waals surface area contributed by atoms with Crippen molar-refractivity contribution in [3.05, 3.63) is 53.3 Å². The number of nitrogens with zero attached hydrogens (tertiary/aromatic N) is 6. The van der Waals surface area contributed by atoms with Gasteiger partial charge in [0.2, 0.25) is 5.16 Å². The largest absolute Gasteiger partial charge is 0.510 e. The van der Waals surface area contributed by atoms with E-state index in [1.807, 2.05) is 50.2 Å². The lowest BCUT2D eigenvalue weighted by molar-refractivity contribution is 0.420. The van der Waals surface area contributed by atoms with E-state index in [-0.39, 0.29) is 17.1 Å². The van der Waals surface area contributed by atoms with E-state index in [1.54, 1.807) is 4.52 Å². The highest BCUT2D eigenvalue weighted by atomic mass is 32.2. The van der Waals surface area contributed by atoms with Crippen molar-refractivity contribution in [1.82, 2.24) is 29.5 Å². The van der Waals surface area contributed by atoms with Crippen LogP contribution in [0.15, 0.2) is 41.2 Å². The van der Waals surface area contributed by atoms with Crippen LogP contribution >= 0.6 is 11.8 Å². The lowest BCUT2D eigenvalue weighted by Gasteiger charge is -2.00. The third kappa shape index (κ3) is 3.22. The van der Waals surface area contributed by atoms with Crippen LogP contribution in [-0.4, -0.2) is 40.4 Å². The summed E-state index contributed by atoms with van der Waals surface area (Å²) in [4.78, 5) is 16.1. The number of allylic oxidation sites excluding steroid dienone is 1. The van der Waals surface area contributed by atoms with Gasteiger partial charge in [0.25, 0.3) is 5.78 Å². The van der Waals surface area contributed by atoms with Crippen molar-refractivity contribution >= 4 is 34.1 Å². The molecule has 4 rings (SSSR count). The van der Waals surface area contributed by atoms with Crippen LogP contribution in [0.5, 0.6) is 0 Å². The number of nitriles is 1. The molecule has 0 unspecified atom stereocenters. The van der Waals surface area contributed by atoms with Crippen molar-refractivity contribution in [2.24, 2.45) is 0 Å². The quantitative estimate of drug-likeness (QED) is 0.319. The summed E-state index contributed by atoms with van der Waals surface area (Å²) in [5, 5.41) is 24.8. The molecule has 0 aliphatic heterocycles. The van der Waals surface area contributed by atoms with Crippen LogP contribution in [0.4, 0.5) is 0 Å². The normalized spacial score (nSPS) is 12.3. The zero-order valence-electron chi connectivity index (χ0n) is 14.6. The molecule has 8 nitrogen and oxygen atoms in total. The summed E-state index contributed by atoms with van der Waals surface area (Å²) in [6.07, 6.45) is 0. The van der Waals surface area contributed by atoms with Gasteiger partial charge in [0.05, 0.1) is 16.8 Å². The molecule has 2 N–H and O–H groups in total. The van der Waals surface area contributed by atoms with E-state index in [2.05, 4.69) is 25.0 Å². The molecule has 4 aromatic rings. The summed E-state index contributed by atoms with van der Waals surface area (Å²) < 4.78 is 1.65. The Morgan fingerprint density at radius 1 is 1.26 bits per heavy atom. The van der Waals surface area contributed by atoms with E-state index in [4.69, 9.17) is 0 Å². The Bertz CT molecular complexity index is 1200. The fourth-order valence-electron chi connectivity index (χ4n) is 2.74. The first-order valence-corrected chi connectivity index (χ1v) is 9.15. The van der Waals surface area contributed by atoms with Crippen LogP contribution in [0.1, 0.15) is 17.2 Å². The average Bonchev–Trinajstić information content (AvgIpc) is 3.24. The molecule has 0 saturated heterocycles. The lowest BCUT2D eigenvalue weighted by Crippen LogP contribution is -1.97. The number of fused-ring (bicyclic) bond motifs is 2. The number of aromatic nitrogens is 6. The maximum atomic E-state index is 10.4. The number of aromatic amines is 1. The topological polar surface area (TPSA) is 116 Å². The van der Waals surface area contributed by atoms with Gasteiger partial charge >= 0.3 is 0 Å². The number of hydrogen-bond acceptors (Lipinski definition) is 7. The second-order valence-electron chi connectivity index (χ2n) is 5.97. The number of imidazole rings is 1. The smallest absolute Gasteiger partial charge is 0.253 e. The number of aliphatic hydroxyl groups is 1. The second-order valence-corrected chi connectivity index (χ2v) is 6.91. The highest BCUT2D eigenvalue weighted by molar-refractivity contribution is 7.99. The first-order chi connectivity index (χ1) is 13.0. The highest BCUT2D eigenvalue weighted by Gasteiger charge is 2.15. The van der Waals surface area contributed by atoms with E-state index in [9.17, 15) is 10.4 Å². The fraction of sp³-hybridized carbons (Fsp3) is 0.167. The molecule has 3 heterocycles. The number of H-pyrrole nitrogens is 1. The zero-order chi connectivity index (χ0) is 19.0. The van der Waals surface area contributed by atoms with Gasteiger partial charge in [-0.25, -0.2) is 14.5 Å². The minimum atomic E-state index is -0.0822. The summed E-state index contributed by atoms with van der Waals surface area (Å²) in [5.74, 6) is 0.917. The van der Waals surface area contributed by atoms with Crippen LogP contribution in [0.2, 0.25) is 0 Å². The van der Waals surface area contributed by atoms with E-state index < -0.39 is 0 Å². The third-order valence-corrected chi connectivity index (χ3v) is 4.81. The Hall–Kier alpha value is -3.38. The molecule has 0 amide bonds. The number of para-hydroxylation sites is 2. The summed E-state index contributed by atoms with van der Waals surface area (Å²) >= 11 is 1.23. The number of nitrogens with one attached hydrogen (secondary N) is 1. The van der Waals surface area contributed by atoms with Crippen LogP contribution in [0.25, 0.3) is 22.4 Å². The molecular weight excluding hydrogens is 362 g/mol. The molecule has 0 aliphatic rings. The van der Waals surface area contributed by atoms with Gasteiger partial charge in [-0.3, -0.25) is 0 Å². The van der Waals surface area contributed by atoms with Gasteiger partial charge in [0.1, 0.15) is 17.4 Å². The first kappa shape index (κ1) is 17.1. The van der Waals surface area contributed by atoms with Crippen LogP contribution in [0.3, 0.4) is 0 Å². The molecule has 0 saturated carbocycles. The maximum absolute atomic E-state index is 10.4. The molecule has 0 atom stereocenters. The van der Waals surface area contributed by atoms with Crippen LogP contribution in [0, 0.1) is 25.2 Å². The minimum Gasteiger partial charge on any atom is -0.510 e. The molecule has 0 spiro atoms. The van der Waals surface area contributed by atoms with Gasteiger partial charge < -0.3 is 10.1 Å². The van der Waals surface area contributed by atoms with Gasteiger partial charge in [-0.05, 0) is 32.0 Å². The van der Waals surface area contributed by atoms with Crippen LogP contribution < -0.4 is 0 Å². The number of benzene rings is 1. The minimum absolute atomic E-state index is 0.0822. The third-order valence-electron chi connectivity index (χ3n) is 3.96. The predicted octanol–water partition coefficient (Wildman–Crippen LogP) is 3.20. The zero-order valence-corrected chi connectivity index (χ0v) is 15.4. The van der Waals surface area contributed by atoms with Crippen LogP contribution in [-0.2, 0) is 0 Å². The monoisotopic (exact) mass is 377 g/mol. The highest BCUT2D eigenvalue weighted by Crippen LogP contribution is 2.23. The Morgan fingerprint density at radius 2 is 2.07 bits per heavy atom. The van der Waals surface area contributed by atoms with Crippen molar-refractivity contribution in [1.29, 1.82) is 5.26 Å². The predicted molar refractivity (Wildman–Crippen MR) is 102 cm³/mol. The molecule has 9 heteroatoms. The fourth-order valence-corrected chi connectivity index (χ4v) is 3.44. The van der Waals surface area contributed by atoms with E-state index in [1.165, 1.54) is 11.8 Å². The van der Waals surface area contributed by atoms with Gasteiger partial charge in [0, 0.05) is 11.4 Å². The van der Waals surface area contributed by atoms with Gasteiger partial charge in [-0.2, -0.15) is 10.2 Å². The number of rotatable bonds is 4. The lowest BCUT2D eigenvalue weighted by atomic mass is 10.2. The molecule has 0 aliphatic carbocycles. The molecular formula is C18H15N7OS. The van der Waals surface area contributed by atoms with Crippen molar-refractivity contribution in [2.45, 2.75) is 19.0 Å². The SMILES string of the molecule is Cc1cc(C)n2nc(SC/C(O)=C(\C#N)c3nc4ccccc4[nH]3)nc2n1. The Kier molecular flexibility index (Phi) is 4.25. The standard InChI is InChI=1S/C18H15N7OS/c1-10-7-11(2)25-17(20-10)23-18(24-25)27-9-15(26)12(8-19)16-21-13-5-3-4-6-14(13)22-16/h3-7,26H,9H2,1-2H3,(H,21,22)/b15-12-. The summed E-state index contributed by atoms with van der Waals surface area (Å²) in [6, 6.07) is 11.4. The van der Waals surface area contributed by atoms with Crippen molar-refractivity contribution in [2.75, 3.05) is 5.75 Å². The molecule has 134 valence electrons. The van der Waals surface area contributed by atoms with Gasteiger partial charge in [-0.15, -0.1) is 5.10 Å². The number of thioether (sulfide) groups is 1. The molecule has 3 aromatic heterocycles. The van der Waals surface area contributed by atoms with E-state index in [0.717, 1.165) is 22.4 Å². The molecule has 1 aromatic carbocycles. The number of aryl methyl sites for hydroxylation is 2. The summed E-state index contributed by atoms with van der Waals surface area (Å²) in [5.41, 5.74) is 3.44. The Morgan fingerprint density at radius 3 is 2.85 bits per heavy atom. The summed E-state index contributed by atoms with van der Waals surface area (Å²) in [6.45, 7) is 3.83. The van der Waals surface area contributed by atoms with Crippen molar-refractivity contribution < 1.29 is 5.11 Å².